The van der Waals surface area contributed by atoms with Gasteiger partial charge in [0, 0.05) is 16.3 Å². The van der Waals surface area contributed by atoms with E-state index in [9.17, 15) is 14.0 Å². The number of hydrogen-bond donors (Lipinski definition) is 3. The molecule has 3 rings (SSSR count). The Labute approximate surface area is 159 Å². The molecule has 2 aromatic heterocycles. The van der Waals surface area contributed by atoms with Gasteiger partial charge < -0.3 is 20.8 Å². The van der Waals surface area contributed by atoms with Crippen molar-refractivity contribution in [1.29, 1.82) is 0 Å². The Bertz CT molecular complexity index is 1010. The van der Waals surface area contributed by atoms with E-state index in [-0.39, 0.29) is 11.7 Å². The normalized spacial score (nSPS) is 12.3. The molecule has 0 unspecified atom stereocenters. The molecule has 0 aliphatic heterocycles. The van der Waals surface area contributed by atoms with Crippen LogP contribution in [0.3, 0.4) is 0 Å². The van der Waals surface area contributed by atoms with Crippen LogP contribution in [0, 0.1) is 18.7 Å². The van der Waals surface area contributed by atoms with Gasteiger partial charge in [0.1, 0.15) is 17.2 Å². The topological polar surface area (TPSA) is 97.4 Å². The molecule has 3 amide bonds. The van der Waals surface area contributed by atoms with Gasteiger partial charge in [0.05, 0.1) is 16.6 Å². The largest absolute Gasteiger partial charge is 0.459 e. The maximum absolute atomic E-state index is 13.5. The van der Waals surface area contributed by atoms with Crippen molar-refractivity contribution < 1.29 is 18.4 Å². The number of carbonyl (C=O) groups excluding carboxylic acids is 2. The molecule has 2 heterocycles. The summed E-state index contributed by atoms with van der Waals surface area (Å²) >= 11 is 1.16. The van der Waals surface area contributed by atoms with Gasteiger partial charge in [-0.2, -0.15) is 0 Å². The Hall–Kier alpha value is -2.87. The van der Waals surface area contributed by atoms with Crippen LogP contribution in [0.2, 0.25) is 0 Å². The first-order chi connectivity index (χ1) is 12.8. The quantitative estimate of drug-likeness (QED) is 0.597. The van der Waals surface area contributed by atoms with Crippen molar-refractivity contribution >= 4 is 39.9 Å². The van der Waals surface area contributed by atoms with Crippen LogP contribution < -0.4 is 16.4 Å². The molecule has 0 fully saturated rings. The molecule has 1 atom stereocenters. The lowest BCUT2D eigenvalue weighted by molar-refractivity contribution is 0.100. The van der Waals surface area contributed by atoms with E-state index in [1.54, 1.807) is 11.4 Å². The van der Waals surface area contributed by atoms with Crippen LogP contribution >= 0.6 is 11.3 Å². The van der Waals surface area contributed by atoms with Crippen LogP contribution in [0.15, 0.2) is 34.1 Å². The minimum Gasteiger partial charge on any atom is -0.459 e. The number of carbonyl (C=O) groups is 2. The highest BCUT2D eigenvalue weighted by molar-refractivity contribution is 7.12. The lowest BCUT2D eigenvalue weighted by Gasteiger charge is -2.21. The zero-order valence-corrected chi connectivity index (χ0v) is 15.9. The van der Waals surface area contributed by atoms with Crippen LogP contribution in [0.5, 0.6) is 0 Å². The fourth-order valence-corrected chi connectivity index (χ4v) is 3.58. The fourth-order valence-electron chi connectivity index (χ4n) is 2.88. The number of nitrogens with one attached hydrogen (secondary N) is 2. The predicted molar refractivity (Wildman–Crippen MR) is 103 cm³/mol. The Morgan fingerprint density at radius 2 is 2.00 bits per heavy atom. The summed E-state index contributed by atoms with van der Waals surface area (Å²) in [6, 6.07) is 5.02. The Morgan fingerprint density at radius 3 is 2.63 bits per heavy atom. The van der Waals surface area contributed by atoms with Crippen molar-refractivity contribution in [2.75, 3.05) is 5.32 Å². The standard InChI is InChI=1S/C19H20FN3O3S/c1-9(2)16(17-10(3)13-6-11(20)4-5-14(13)26-17)23-19(25)22-12-7-15(18(21)24)27-8-12/h4-9,16H,1-3H3,(H2,21,24)(H2,22,23,25)/t16-/m1/s1. The second-order valence-electron chi connectivity index (χ2n) is 6.62. The summed E-state index contributed by atoms with van der Waals surface area (Å²) in [6.45, 7) is 5.75. The first-order valence-electron chi connectivity index (χ1n) is 8.40. The zero-order chi connectivity index (χ0) is 19.7. The van der Waals surface area contributed by atoms with Crippen molar-refractivity contribution in [1.82, 2.24) is 5.32 Å². The van der Waals surface area contributed by atoms with Crippen molar-refractivity contribution in [3.05, 3.63) is 51.7 Å². The van der Waals surface area contributed by atoms with Crippen molar-refractivity contribution in [3.63, 3.8) is 0 Å². The van der Waals surface area contributed by atoms with Gasteiger partial charge in [-0.15, -0.1) is 11.3 Å². The van der Waals surface area contributed by atoms with Crippen LogP contribution in [-0.4, -0.2) is 11.9 Å². The second kappa shape index (κ2) is 7.40. The summed E-state index contributed by atoms with van der Waals surface area (Å²) in [6.07, 6.45) is 0. The van der Waals surface area contributed by atoms with Gasteiger partial charge in [-0.3, -0.25) is 4.79 Å². The number of benzene rings is 1. The van der Waals surface area contributed by atoms with Gasteiger partial charge in [0.25, 0.3) is 5.91 Å². The monoisotopic (exact) mass is 389 g/mol. The van der Waals surface area contributed by atoms with E-state index in [1.807, 2.05) is 20.8 Å². The molecule has 6 nitrogen and oxygen atoms in total. The van der Waals surface area contributed by atoms with E-state index < -0.39 is 18.0 Å². The van der Waals surface area contributed by atoms with Gasteiger partial charge >= 0.3 is 6.03 Å². The first-order valence-corrected chi connectivity index (χ1v) is 9.28. The summed E-state index contributed by atoms with van der Waals surface area (Å²) in [5.74, 6) is -0.265. The van der Waals surface area contributed by atoms with Gasteiger partial charge in [0.2, 0.25) is 0 Å². The highest BCUT2D eigenvalue weighted by Crippen LogP contribution is 2.33. The third-order valence-corrected chi connectivity index (χ3v) is 5.22. The fraction of sp³-hybridized carbons (Fsp3) is 0.263. The van der Waals surface area contributed by atoms with Crippen molar-refractivity contribution in [3.8, 4) is 0 Å². The predicted octanol–water partition coefficient (Wildman–Crippen LogP) is 4.56. The molecule has 0 aliphatic rings. The number of furan rings is 1. The average Bonchev–Trinajstić information content (AvgIpc) is 3.18. The molecule has 0 bridgehead atoms. The van der Waals surface area contributed by atoms with Gasteiger partial charge in [-0.1, -0.05) is 13.8 Å². The zero-order valence-electron chi connectivity index (χ0n) is 15.1. The molecule has 1 aromatic carbocycles. The molecular formula is C19H20FN3O3S. The molecule has 0 saturated carbocycles. The molecule has 0 saturated heterocycles. The van der Waals surface area contributed by atoms with E-state index in [4.69, 9.17) is 10.2 Å². The molecule has 4 N–H and O–H groups in total. The van der Waals surface area contributed by atoms with Crippen LogP contribution in [0.4, 0.5) is 14.9 Å². The highest BCUT2D eigenvalue weighted by atomic mass is 32.1. The number of urea groups is 1. The number of anilines is 1. The van der Waals surface area contributed by atoms with Crippen molar-refractivity contribution in [2.24, 2.45) is 11.7 Å². The van der Waals surface area contributed by atoms with Gasteiger partial charge in [0.15, 0.2) is 0 Å². The second-order valence-corrected chi connectivity index (χ2v) is 7.53. The molecule has 8 heteroatoms. The van der Waals surface area contributed by atoms with E-state index >= 15 is 0 Å². The Kier molecular flexibility index (Phi) is 5.18. The highest BCUT2D eigenvalue weighted by Gasteiger charge is 2.25. The molecular weight excluding hydrogens is 369 g/mol. The van der Waals surface area contributed by atoms with E-state index in [2.05, 4.69) is 10.6 Å². The summed E-state index contributed by atoms with van der Waals surface area (Å²) in [5, 5.41) is 7.89. The summed E-state index contributed by atoms with van der Waals surface area (Å²) in [5.41, 5.74) is 7.06. The van der Waals surface area contributed by atoms with Crippen LogP contribution in [-0.2, 0) is 0 Å². The number of primary amides is 1. The number of aryl methyl sites for hydroxylation is 1. The smallest absolute Gasteiger partial charge is 0.319 e. The van der Waals surface area contributed by atoms with E-state index in [0.29, 0.717) is 27.3 Å². The van der Waals surface area contributed by atoms with Gasteiger partial charge in [-0.25, -0.2) is 9.18 Å². The van der Waals surface area contributed by atoms with Crippen LogP contribution in [0.25, 0.3) is 11.0 Å². The van der Waals surface area contributed by atoms with E-state index in [1.165, 1.54) is 18.2 Å². The third-order valence-electron chi connectivity index (χ3n) is 4.27. The van der Waals surface area contributed by atoms with Gasteiger partial charge in [-0.05, 0) is 37.1 Å². The SMILES string of the molecule is Cc1c([C@H](NC(=O)Nc2csc(C(N)=O)c2)C(C)C)oc2ccc(F)cc12. The number of fused-ring (bicyclic) bond motifs is 1. The molecule has 0 spiro atoms. The van der Waals surface area contributed by atoms with Crippen LogP contribution in [0.1, 0.15) is 40.9 Å². The average molecular weight is 389 g/mol. The first kappa shape index (κ1) is 18.9. The molecule has 0 radical (unpaired) electrons. The lowest BCUT2D eigenvalue weighted by atomic mass is 9.98. The lowest BCUT2D eigenvalue weighted by Crippen LogP contribution is -2.35. The number of thiophene rings is 1. The number of rotatable bonds is 5. The third kappa shape index (κ3) is 3.95. The Balaban J connectivity index is 1.82. The number of halogens is 1. The maximum Gasteiger partial charge on any atom is 0.319 e. The number of hydrogen-bond acceptors (Lipinski definition) is 4. The summed E-state index contributed by atoms with van der Waals surface area (Å²) in [4.78, 5) is 24.0. The Morgan fingerprint density at radius 1 is 1.26 bits per heavy atom. The van der Waals surface area contributed by atoms with Crippen molar-refractivity contribution in [2.45, 2.75) is 26.8 Å². The summed E-state index contributed by atoms with van der Waals surface area (Å²) < 4.78 is 19.4. The van der Waals surface area contributed by atoms with E-state index in [0.717, 1.165) is 16.9 Å². The summed E-state index contributed by atoms with van der Waals surface area (Å²) in [7, 11) is 0. The number of nitrogens with two attached hydrogens (primary N) is 1. The molecule has 27 heavy (non-hydrogen) atoms. The minimum atomic E-state index is -0.543. The number of amides is 3. The minimum absolute atomic E-state index is 0.0310. The molecule has 0 aliphatic carbocycles. The maximum atomic E-state index is 13.5. The molecule has 3 aromatic rings. The molecule has 142 valence electrons.